The van der Waals surface area contributed by atoms with Gasteiger partial charge in [-0.3, -0.25) is 5.10 Å². The molecule has 1 aromatic carbocycles. The highest BCUT2D eigenvalue weighted by molar-refractivity contribution is 7.89. The van der Waals surface area contributed by atoms with Gasteiger partial charge in [0.25, 0.3) is 0 Å². The molecule has 2 aromatic rings. The molecule has 0 saturated heterocycles. The molecule has 0 spiro atoms. The molecule has 0 radical (unpaired) electrons. The maximum absolute atomic E-state index is 12.9. The molecule has 0 unspecified atom stereocenters. The van der Waals surface area contributed by atoms with Crippen molar-refractivity contribution >= 4 is 21.6 Å². The Labute approximate surface area is 129 Å². The normalized spacial score (nSPS) is 23.0. The fourth-order valence-corrected chi connectivity index (χ4v) is 4.85. The van der Waals surface area contributed by atoms with Crippen LogP contribution in [0.3, 0.4) is 0 Å². The minimum Gasteiger partial charge on any atom is -0.282 e. The highest BCUT2D eigenvalue weighted by Crippen LogP contribution is 2.36. The summed E-state index contributed by atoms with van der Waals surface area (Å²) < 4.78 is 27.4. The Bertz CT molecular complexity index is 755. The van der Waals surface area contributed by atoms with Crippen molar-refractivity contribution in [3.63, 3.8) is 0 Å². The lowest BCUT2D eigenvalue weighted by molar-refractivity contribution is 0.255. The van der Waals surface area contributed by atoms with Crippen molar-refractivity contribution in [2.45, 2.75) is 37.2 Å². The average molecular weight is 326 g/mol. The number of nitrogens with zero attached hydrogens (tertiary/aromatic N) is 2. The first-order valence-corrected chi connectivity index (χ1v) is 8.54. The number of nitrogens with one attached hydrogen (secondary N) is 1. The lowest BCUT2D eigenvalue weighted by atomic mass is 9.98. The summed E-state index contributed by atoms with van der Waals surface area (Å²) in [5.41, 5.74) is 1.95. The zero-order chi connectivity index (χ0) is 15.2. The van der Waals surface area contributed by atoms with E-state index in [1.54, 1.807) is 34.8 Å². The Balaban J connectivity index is 2.05. The van der Waals surface area contributed by atoms with Crippen LogP contribution in [0.4, 0.5) is 0 Å². The topological polar surface area (TPSA) is 66.1 Å². The quantitative estimate of drug-likeness (QED) is 0.923. The van der Waals surface area contributed by atoms with Crippen molar-refractivity contribution in [1.29, 1.82) is 0 Å². The highest BCUT2D eigenvalue weighted by atomic mass is 35.5. The van der Waals surface area contributed by atoms with Gasteiger partial charge in [0.05, 0.1) is 17.1 Å². The molecule has 7 heteroatoms. The maximum atomic E-state index is 12.9. The van der Waals surface area contributed by atoms with Gasteiger partial charge in [-0.2, -0.15) is 9.40 Å². The molecule has 5 nitrogen and oxygen atoms in total. The Morgan fingerprint density at radius 3 is 2.62 bits per heavy atom. The lowest BCUT2D eigenvalue weighted by Crippen LogP contribution is -2.44. The van der Waals surface area contributed by atoms with Crippen molar-refractivity contribution < 1.29 is 8.42 Å². The van der Waals surface area contributed by atoms with Crippen LogP contribution in [0.5, 0.6) is 0 Å². The zero-order valence-corrected chi connectivity index (χ0v) is 13.3. The molecule has 3 rings (SSSR count). The van der Waals surface area contributed by atoms with Gasteiger partial charge in [0.1, 0.15) is 0 Å². The minimum absolute atomic E-state index is 0.131. The Hall–Kier alpha value is -1.37. The number of fused-ring (bicyclic) bond motifs is 1. The molecule has 1 aliphatic rings. The fraction of sp³-hybridized carbons (Fsp3) is 0.357. The van der Waals surface area contributed by atoms with E-state index in [-0.39, 0.29) is 17.0 Å². The van der Waals surface area contributed by atoms with Gasteiger partial charge in [-0.25, -0.2) is 8.42 Å². The molecule has 0 bridgehead atoms. The molecule has 1 N–H and O–H groups in total. The summed E-state index contributed by atoms with van der Waals surface area (Å²) in [5.74, 6) is 0. The second-order valence-corrected chi connectivity index (χ2v) is 7.60. The Morgan fingerprint density at radius 1 is 1.29 bits per heavy atom. The summed E-state index contributed by atoms with van der Waals surface area (Å²) in [4.78, 5) is 0.262. The molecule has 0 amide bonds. The van der Waals surface area contributed by atoms with E-state index < -0.39 is 10.0 Å². The van der Waals surface area contributed by atoms with Crippen LogP contribution in [0.1, 0.15) is 31.1 Å². The van der Waals surface area contributed by atoms with Gasteiger partial charge in [-0.15, -0.1) is 0 Å². The van der Waals surface area contributed by atoms with Gasteiger partial charge in [0, 0.05) is 28.7 Å². The molecule has 21 heavy (non-hydrogen) atoms. The van der Waals surface area contributed by atoms with Crippen LogP contribution < -0.4 is 0 Å². The third-order valence-corrected chi connectivity index (χ3v) is 6.26. The number of H-pyrrole nitrogens is 1. The van der Waals surface area contributed by atoms with E-state index in [1.807, 2.05) is 13.8 Å². The standard InChI is InChI=1S/C14H16ClN3O2S/c1-9-7-14-13(8-16-17-14)10(2)18(9)21(19,20)12-5-3-11(15)4-6-12/h3-6,8-10H,7H2,1-2H3,(H,16,17)/t9-,10+/m0/s1. The highest BCUT2D eigenvalue weighted by Gasteiger charge is 2.39. The zero-order valence-electron chi connectivity index (χ0n) is 11.7. The van der Waals surface area contributed by atoms with Gasteiger partial charge in [-0.05, 0) is 38.1 Å². The third kappa shape index (κ3) is 2.37. The molecular formula is C14H16ClN3O2S. The first-order chi connectivity index (χ1) is 9.91. The Kier molecular flexibility index (Phi) is 3.55. The van der Waals surface area contributed by atoms with Crippen molar-refractivity contribution in [2.75, 3.05) is 0 Å². The number of sulfonamides is 1. The van der Waals surface area contributed by atoms with E-state index in [2.05, 4.69) is 10.2 Å². The van der Waals surface area contributed by atoms with E-state index in [0.29, 0.717) is 11.4 Å². The van der Waals surface area contributed by atoms with Crippen LogP contribution in [-0.4, -0.2) is 29.0 Å². The van der Waals surface area contributed by atoms with Crippen LogP contribution in [0.15, 0.2) is 35.4 Å². The SMILES string of the molecule is C[C@@H]1c2cn[nH]c2C[C@H](C)N1S(=O)(=O)c1ccc(Cl)cc1. The first-order valence-electron chi connectivity index (χ1n) is 6.72. The van der Waals surface area contributed by atoms with Crippen molar-refractivity contribution in [3.05, 3.63) is 46.7 Å². The van der Waals surface area contributed by atoms with Crippen molar-refractivity contribution in [2.24, 2.45) is 0 Å². The van der Waals surface area contributed by atoms with Gasteiger partial charge < -0.3 is 0 Å². The number of benzene rings is 1. The largest absolute Gasteiger partial charge is 0.282 e. The van der Waals surface area contributed by atoms with Crippen LogP contribution in [0, 0.1) is 0 Å². The molecule has 2 heterocycles. The molecule has 1 aliphatic heterocycles. The third-order valence-electron chi connectivity index (χ3n) is 3.91. The number of aromatic nitrogens is 2. The maximum Gasteiger partial charge on any atom is 0.243 e. The van der Waals surface area contributed by atoms with Gasteiger partial charge in [0.2, 0.25) is 10.0 Å². The average Bonchev–Trinajstić information content (AvgIpc) is 2.87. The van der Waals surface area contributed by atoms with E-state index in [4.69, 9.17) is 11.6 Å². The summed E-state index contributed by atoms with van der Waals surface area (Å²) in [6, 6.07) is 5.90. The predicted molar refractivity (Wildman–Crippen MR) is 80.6 cm³/mol. The van der Waals surface area contributed by atoms with Crippen molar-refractivity contribution in [3.8, 4) is 0 Å². The molecule has 1 aromatic heterocycles. The van der Waals surface area contributed by atoms with Crippen LogP contribution in [0.25, 0.3) is 0 Å². The summed E-state index contributed by atoms with van der Waals surface area (Å²) in [6.45, 7) is 3.80. The smallest absolute Gasteiger partial charge is 0.243 e. The second-order valence-electron chi connectivity index (χ2n) is 5.32. The first kappa shape index (κ1) is 14.6. The van der Waals surface area contributed by atoms with E-state index >= 15 is 0 Å². The lowest BCUT2D eigenvalue weighted by Gasteiger charge is -2.37. The number of aromatic amines is 1. The predicted octanol–water partition coefficient (Wildman–Crippen LogP) is 2.76. The van der Waals surface area contributed by atoms with Gasteiger partial charge in [-0.1, -0.05) is 11.6 Å². The van der Waals surface area contributed by atoms with Crippen molar-refractivity contribution in [1.82, 2.24) is 14.5 Å². The number of hydrogen-bond donors (Lipinski definition) is 1. The molecule has 0 saturated carbocycles. The Morgan fingerprint density at radius 2 is 1.95 bits per heavy atom. The summed E-state index contributed by atoms with van der Waals surface area (Å²) in [5, 5.41) is 7.49. The van der Waals surface area contributed by atoms with Crippen LogP contribution >= 0.6 is 11.6 Å². The molecular weight excluding hydrogens is 310 g/mol. The summed E-state index contributed by atoms with van der Waals surface area (Å²) >= 11 is 5.84. The molecule has 112 valence electrons. The second kappa shape index (κ2) is 5.12. The van der Waals surface area contributed by atoms with E-state index in [9.17, 15) is 8.42 Å². The monoisotopic (exact) mass is 325 g/mol. The van der Waals surface area contributed by atoms with Crippen LogP contribution in [0.2, 0.25) is 5.02 Å². The minimum atomic E-state index is -3.56. The summed E-state index contributed by atoms with van der Waals surface area (Å²) in [6.07, 6.45) is 2.34. The van der Waals surface area contributed by atoms with Gasteiger partial charge in [0.15, 0.2) is 0 Å². The van der Waals surface area contributed by atoms with E-state index in [1.165, 1.54) is 0 Å². The number of hydrogen-bond acceptors (Lipinski definition) is 3. The number of halogens is 1. The van der Waals surface area contributed by atoms with Gasteiger partial charge >= 0.3 is 0 Å². The number of rotatable bonds is 2. The van der Waals surface area contributed by atoms with Crippen LogP contribution in [-0.2, 0) is 16.4 Å². The molecule has 2 atom stereocenters. The molecule has 0 fully saturated rings. The molecule has 0 aliphatic carbocycles. The fourth-order valence-electron chi connectivity index (χ4n) is 2.92. The van der Waals surface area contributed by atoms with E-state index in [0.717, 1.165) is 11.3 Å². The summed E-state index contributed by atoms with van der Waals surface area (Å²) in [7, 11) is -3.56.